The Kier molecular flexibility index (Phi) is 4.90. The standard InChI is InChI=1S/C16H18N2O4S/c1-11-4-7-14(22-3)10-16(11)18-23(20,21)15-8-5-13(6-9-15)17-12(2)19/h4-10,18H,1-3H3,(H,17,19). The number of carbonyl (C=O) groups is 1. The number of anilines is 2. The minimum atomic E-state index is -3.72. The van der Waals surface area contributed by atoms with Gasteiger partial charge in [-0.1, -0.05) is 6.07 Å². The summed E-state index contributed by atoms with van der Waals surface area (Å²) in [5.74, 6) is 0.347. The summed E-state index contributed by atoms with van der Waals surface area (Å²) >= 11 is 0. The monoisotopic (exact) mass is 334 g/mol. The number of aryl methyl sites for hydroxylation is 1. The van der Waals surface area contributed by atoms with Gasteiger partial charge < -0.3 is 10.1 Å². The van der Waals surface area contributed by atoms with Crippen LogP contribution in [0.15, 0.2) is 47.4 Å². The molecular formula is C16H18N2O4S. The van der Waals surface area contributed by atoms with Gasteiger partial charge in [0.1, 0.15) is 5.75 Å². The average molecular weight is 334 g/mol. The van der Waals surface area contributed by atoms with Gasteiger partial charge in [0.15, 0.2) is 0 Å². The number of benzene rings is 2. The molecule has 0 atom stereocenters. The molecule has 2 rings (SSSR count). The molecular weight excluding hydrogens is 316 g/mol. The van der Waals surface area contributed by atoms with Crippen LogP contribution < -0.4 is 14.8 Å². The summed E-state index contributed by atoms with van der Waals surface area (Å²) in [5.41, 5.74) is 1.77. The summed E-state index contributed by atoms with van der Waals surface area (Å²) < 4.78 is 32.5. The molecule has 7 heteroatoms. The second kappa shape index (κ2) is 6.70. The zero-order chi connectivity index (χ0) is 17.0. The van der Waals surface area contributed by atoms with Crippen molar-refractivity contribution in [2.45, 2.75) is 18.7 Å². The van der Waals surface area contributed by atoms with Crippen LogP contribution >= 0.6 is 0 Å². The molecule has 122 valence electrons. The molecule has 0 aliphatic rings. The Morgan fingerprint density at radius 2 is 1.74 bits per heavy atom. The van der Waals surface area contributed by atoms with Gasteiger partial charge in [-0.05, 0) is 42.8 Å². The van der Waals surface area contributed by atoms with Crippen LogP contribution in [-0.2, 0) is 14.8 Å². The van der Waals surface area contributed by atoms with Crippen LogP contribution in [0, 0.1) is 6.92 Å². The van der Waals surface area contributed by atoms with E-state index in [0.29, 0.717) is 17.1 Å². The maximum atomic E-state index is 12.4. The van der Waals surface area contributed by atoms with Crippen molar-refractivity contribution in [3.8, 4) is 5.75 Å². The molecule has 0 saturated carbocycles. The fourth-order valence-electron chi connectivity index (χ4n) is 1.96. The van der Waals surface area contributed by atoms with Gasteiger partial charge in [-0.25, -0.2) is 8.42 Å². The number of ether oxygens (including phenoxy) is 1. The first-order valence-corrected chi connectivity index (χ1v) is 8.35. The van der Waals surface area contributed by atoms with Crippen molar-refractivity contribution in [1.82, 2.24) is 0 Å². The van der Waals surface area contributed by atoms with Crippen molar-refractivity contribution in [1.29, 1.82) is 0 Å². The first kappa shape index (κ1) is 16.8. The molecule has 0 aliphatic heterocycles. The number of carbonyl (C=O) groups excluding carboxylic acids is 1. The second-order valence-corrected chi connectivity index (χ2v) is 6.67. The topological polar surface area (TPSA) is 84.5 Å². The Morgan fingerprint density at radius 1 is 1.09 bits per heavy atom. The highest BCUT2D eigenvalue weighted by Crippen LogP contribution is 2.25. The molecule has 0 heterocycles. The normalized spacial score (nSPS) is 10.9. The maximum Gasteiger partial charge on any atom is 0.261 e. The van der Waals surface area contributed by atoms with Gasteiger partial charge in [0, 0.05) is 18.7 Å². The molecule has 2 aromatic carbocycles. The smallest absolute Gasteiger partial charge is 0.261 e. The average Bonchev–Trinajstić information content (AvgIpc) is 2.49. The van der Waals surface area contributed by atoms with E-state index in [9.17, 15) is 13.2 Å². The fourth-order valence-corrected chi connectivity index (χ4v) is 3.08. The minimum absolute atomic E-state index is 0.105. The van der Waals surface area contributed by atoms with E-state index >= 15 is 0 Å². The third-order valence-corrected chi connectivity index (χ3v) is 4.56. The van der Waals surface area contributed by atoms with Gasteiger partial charge in [-0.3, -0.25) is 9.52 Å². The number of nitrogens with one attached hydrogen (secondary N) is 2. The van der Waals surface area contributed by atoms with E-state index in [-0.39, 0.29) is 10.8 Å². The molecule has 6 nitrogen and oxygen atoms in total. The van der Waals surface area contributed by atoms with Crippen LogP contribution in [-0.4, -0.2) is 21.4 Å². The van der Waals surface area contributed by atoms with E-state index in [1.54, 1.807) is 25.1 Å². The van der Waals surface area contributed by atoms with E-state index in [4.69, 9.17) is 4.74 Å². The van der Waals surface area contributed by atoms with Gasteiger partial charge in [0.2, 0.25) is 5.91 Å². The molecule has 0 unspecified atom stereocenters. The quantitative estimate of drug-likeness (QED) is 0.880. The molecule has 2 N–H and O–H groups in total. The highest BCUT2D eigenvalue weighted by atomic mass is 32.2. The number of hydrogen-bond donors (Lipinski definition) is 2. The Bertz CT molecular complexity index is 814. The Hall–Kier alpha value is -2.54. The molecule has 0 radical (unpaired) electrons. The number of methoxy groups -OCH3 is 1. The second-order valence-electron chi connectivity index (χ2n) is 4.99. The first-order valence-electron chi connectivity index (χ1n) is 6.87. The maximum absolute atomic E-state index is 12.4. The van der Waals surface area contributed by atoms with Crippen molar-refractivity contribution in [2.24, 2.45) is 0 Å². The Labute approximate surface area is 135 Å². The molecule has 0 spiro atoms. The zero-order valence-corrected chi connectivity index (χ0v) is 13.9. The van der Waals surface area contributed by atoms with Gasteiger partial charge in [-0.2, -0.15) is 0 Å². The lowest BCUT2D eigenvalue weighted by Crippen LogP contribution is -2.14. The minimum Gasteiger partial charge on any atom is -0.497 e. The largest absolute Gasteiger partial charge is 0.497 e. The van der Waals surface area contributed by atoms with Crippen molar-refractivity contribution >= 4 is 27.3 Å². The Morgan fingerprint density at radius 3 is 2.30 bits per heavy atom. The van der Waals surface area contributed by atoms with Gasteiger partial charge in [0.05, 0.1) is 17.7 Å². The molecule has 23 heavy (non-hydrogen) atoms. The summed E-state index contributed by atoms with van der Waals surface area (Å²) in [6.45, 7) is 3.19. The highest BCUT2D eigenvalue weighted by molar-refractivity contribution is 7.92. The van der Waals surface area contributed by atoms with E-state index < -0.39 is 10.0 Å². The number of sulfonamides is 1. The van der Waals surface area contributed by atoms with Crippen LogP contribution in [0.4, 0.5) is 11.4 Å². The van der Waals surface area contributed by atoms with Crippen LogP contribution in [0.3, 0.4) is 0 Å². The van der Waals surface area contributed by atoms with Gasteiger partial charge in [-0.15, -0.1) is 0 Å². The number of hydrogen-bond acceptors (Lipinski definition) is 4. The van der Waals surface area contributed by atoms with Crippen molar-refractivity contribution < 1.29 is 17.9 Å². The lowest BCUT2D eigenvalue weighted by atomic mass is 10.2. The predicted molar refractivity (Wildman–Crippen MR) is 89.3 cm³/mol. The van der Waals surface area contributed by atoms with Crippen LogP contribution in [0.1, 0.15) is 12.5 Å². The van der Waals surface area contributed by atoms with Crippen molar-refractivity contribution in [3.05, 3.63) is 48.0 Å². The van der Waals surface area contributed by atoms with Crippen LogP contribution in [0.5, 0.6) is 5.75 Å². The summed E-state index contributed by atoms with van der Waals surface area (Å²) in [6, 6.07) is 11.1. The van der Waals surface area contributed by atoms with Crippen LogP contribution in [0.2, 0.25) is 0 Å². The fraction of sp³-hybridized carbons (Fsp3) is 0.188. The number of amides is 1. The summed E-state index contributed by atoms with van der Waals surface area (Å²) in [5, 5.41) is 2.59. The molecule has 0 bridgehead atoms. The van der Waals surface area contributed by atoms with E-state index in [1.165, 1.54) is 38.3 Å². The molecule has 0 aliphatic carbocycles. The Balaban J connectivity index is 2.26. The number of rotatable bonds is 5. The zero-order valence-electron chi connectivity index (χ0n) is 13.1. The predicted octanol–water partition coefficient (Wildman–Crippen LogP) is 2.76. The SMILES string of the molecule is COc1ccc(C)c(NS(=O)(=O)c2ccc(NC(C)=O)cc2)c1. The lowest BCUT2D eigenvalue weighted by Gasteiger charge is -2.12. The van der Waals surface area contributed by atoms with E-state index in [0.717, 1.165) is 5.56 Å². The summed E-state index contributed by atoms with van der Waals surface area (Å²) in [7, 11) is -2.21. The van der Waals surface area contributed by atoms with Crippen LogP contribution in [0.25, 0.3) is 0 Å². The summed E-state index contributed by atoms with van der Waals surface area (Å²) in [6.07, 6.45) is 0. The third kappa shape index (κ3) is 4.23. The van der Waals surface area contributed by atoms with E-state index in [2.05, 4.69) is 10.0 Å². The van der Waals surface area contributed by atoms with Gasteiger partial charge >= 0.3 is 0 Å². The first-order chi connectivity index (χ1) is 10.8. The van der Waals surface area contributed by atoms with Crippen molar-refractivity contribution in [3.63, 3.8) is 0 Å². The van der Waals surface area contributed by atoms with E-state index in [1.807, 2.05) is 0 Å². The lowest BCUT2D eigenvalue weighted by molar-refractivity contribution is -0.114. The van der Waals surface area contributed by atoms with Gasteiger partial charge in [0.25, 0.3) is 10.0 Å². The highest BCUT2D eigenvalue weighted by Gasteiger charge is 2.15. The molecule has 0 aromatic heterocycles. The molecule has 0 saturated heterocycles. The van der Waals surface area contributed by atoms with Crippen molar-refractivity contribution in [2.75, 3.05) is 17.1 Å². The molecule has 2 aromatic rings. The molecule has 0 fully saturated rings. The summed E-state index contributed by atoms with van der Waals surface area (Å²) in [4.78, 5) is 11.1. The third-order valence-electron chi connectivity index (χ3n) is 3.17. The molecule has 1 amide bonds.